The van der Waals surface area contributed by atoms with Crippen LogP contribution in [0, 0.1) is 0 Å². The summed E-state index contributed by atoms with van der Waals surface area (Å²) in [7, 11) is 0. The van der Waals surface area contributed by atoms with Gasteiger partial charge < -0.3 is 18.9 Å². The van der Waals surface area contributed by atoms with E-state index in [1.165, 1.54) is 0 Å². The number of aromatic amines is 1. The van der Waals surface area contributed by atoms with Crippen LogP contribution in [0.2, 0.25) is 0 Å². The van der Waals surface area contributed by atoms with E-state index in [4.69, 9.17) is 13.8 Å². The third-order valence-corrected chi connectivity index (χ3v) is 5.23. The molecule has 0 atom stereocenters. The Morgan fingerprint density at radius 2 is 1.37 bits per heavy atom. The Bertz CT molecular complexity index is 1070. The van der Waals surface area contributed by atoms with Crippen LogP contribution in [0.4, 0.5) is 0 Å². The lowest BCUT2D eigenvalue weighted by Gasteiger charge is -2.28. The molecule has 0 aliphatic rings. The summed E-state index contributed by atoms with van der Waals surface area (Å²) in [4.78, 5) is 8.28. The predicted molar refractivity (Wildman–Crippen MR) is 118 cm³/mol. The smallest absolute Gasteiger partial charge is 0.154 e. The van der Waals surface area contributed by atoms with Crippen molar-refractivity contribution in [1.29, 1.82) is 0 Å². The summed E-state index contributed by atoms with van der Waals surface area (Å²) in [6.07, 6.45) is 3.27. The lowest BCUT2D eigenvalue weighted by molar-refractivity contribution is 0.423. The predicted octanol–water partition coefficient (Wildman–Crippen LogP) is 6.90. The molecule has 0 bridgehead atoms. The summed E-state index contributed by atoms with van der Waals surface area (Å²) in [5.41, 5.74) is 3.69. The van der Waals surface area contributed by atoms with Gasteiger partial charge >= 0.3 is 0 Å². The minimum absolute atomic E-state index is 0.222. The summed E-state index contributed by atoms with van der Waals surface area (Å²) in [5, 5.41) is 11.0. The van der Waals surface area contributed by atoms with Crippen LogP contribution in [0.3, 0.4) is 0 Å². The maximum Gasteiger partial charge on any atom is 0.154 e. The van der Waals surface area contributed by atoms with Crippen LogP contribution in [0.25, 0.3) is 34.3 Å². The summed E-state index contributed by atoms with van der Waals surface area (Å²) in [6, 6.07) is 11.5. The van der Waals surface area contributed by atoms with Gasteiger partial charge in [0.15, 0.2) is 11.5 Å². The molecule has 0 aliphatic carbocycles. The minimum Gasteiger partial charge on any atom is -0.507 e. The highest BCUT2D eigenvalue weighted by atomic mass is 16.3. The number of benzene rings is 1. The molecule has 2 N–H and O–H groups in total. The molecule has 0 aliphatic heterocycles. The van der Waals surface area contributed by atoms with Crippen LogP contribution in [-0.4, -0.2) is 15.1 Å². The molecule has 0 radical (unpaired) electrons. The molecule has 0 amide bonds. The molecule has 5 heteroatoms. The summed E-state index contributed by atoms with van der Waals surface area (Å²) >= 11 is 0. The van der Waals surface area contributed by atoms with E-state index in [1.54, 1.807) is 12.5 Å². The van der Waals surface area contributed by atoms with Crippen molar-refractivity contribution in [2.45, 2.75) is 52.4 Å². The molecule has 1 aromatic carbocycles. The molecule has 0 spiro atoms. The number of furan rings is 2. The van der Waals surface area contributed by atoms with Crippen molar-refractivity contribution in [2.75, 3.05) is 0 Å². The molecule has 156 valence electrons. The topological polar surface area (TPSA) is 75.2 Å². The quantitative estimate of drug-likeness (QED) is 0.389. The fraction of sp³-hybridized carbons (Fsp3) is 0.320. The molecule has 0 unspecified atom stereocenters. The second-order valence-corrected chi connectivity index (χ2v) is 9.68. The first-order valence-electron chi connectivity index (χ1n) is 10.1. The number of hydrogen-bond donors (Lipinski definition) is 2. The number of phenols is 1. The van der Waals surface area contributed by atoms with E-state index in [0.29, 0.717) is 28.8 Å². The molecular formula is C25H28N2O3. The second-order valence-electron chi connectivity index (χ2n) is 9.68. The number of aromatic nitrogens is 2. The normalized spacial score (nSPS) is 12.5. The lowest BCUT2D eigenvalue weighted by atomic mass is 9.78. The zero-order valence-electron chi connectivity index (χ0n) is 18.3. The molecule has 30 heavy (non-hydrogen) atoms. The highest BCUT2D eigenvalue weighted by Crippen LogP contribution is 2.42. The van der Waals surface area contributed by atoms with Crippen LogP contribution in [0.1, 0.15) is 52.7 Å². The number of imidazole rings is 1. The number of H-pyrrole nitrogens is 1. The number of rotatable bonds is 3. The molecule has 0 fully saturated rings. The maximum absolute atomic E-state index is 11.0. The molecule has 4 aromatic rings. The van der Waals surface area contributed by atoms with Gasteiger partial charge in [0, 0.05) is 16.7 Å². The van der Waals surface area contributed by atoms with Crippen molar-refractivity contribution in [3.63, 3.8) is 0 Å². The van der Waals surface area contributed by atoms with Crippen molar-refractivity contribution in [3.8, 4) is 40.0 Å². The van der Waals surface area contributed by atoms with Gasteiger partial charge in [0.05, 0.1) is 12.5 Å². The van der Waals surface area contributed by atoms with Crippen molar-refractivity contribution < 1.29 is 13.9 Å². The van der Waals surface area contributed by atoms with Crippen LogP contribution < -0.4 is 0 Å². The number of nitrogens with zero attached hydrogens (tertiary/aromatic N) is 1. The molecule has 0 saturated heterocycles. The van der Waals surface area contributed by atoms with Gasteiger partial charge in [-0.2, -0.15) is 0 Å². The average molecular weight is 405 g/mol. The molecule has 3 aromatic heterocycles. The zero-order chi connectivity index (χ0) is 21.7. The summed E-state index contributed by atoms with van der Waals surface area (Å²) < 4.78 is 11.2. The Morgan fingerprint density at radius 3 is 1.83 bits per heavy atom. The van der Waals surface area contributed by atoms with Gasteiger partial charge in [-0.3, -0.25) is 0 Å². The molecule has 4 rings (SSSR count). The third kappa shape index (κ3) is 3.56. The Balaban J connectivity index is 1.96. The summed E-state index contributed by atoms with van der Waals surface area (Å²) in [5.74, 6) is 2.40. The van der Waals surface area contributed by atoms with Crippen molar-refractivity contribution in [2.24, 2.45) is 0 Å². The number of phenolic OH excluding ortho intramolecular Hbond substituents is 1. The van der Waals surface area contributed by atoms with Gasteiger partial charge in [0.25, 0.3) is 0 Å². The molecular weight excluding hydrogens is 376 g/mol. The van der Waals surface area contributed by atoms with E-state index in [9.17, 15) is 5.11 Å². The monoisotopic (exact) mass is 404 g/mol. The van der Waals surface area contributed by atoms with E-state index in [-0.39, 0.29) is 10.8 Å². The standard InChI is InChI=1S/C25H28N2O3/c1-24(2,3)16-13-15(14-17(22(16)28)25(4,5)6)23-26-20(18-9-7-11-29-18)21(27-23)19-10-8-12-30-19/h7-14,28H,1-6H3,(H,26,27). The highest BCUT2D eigenvalue weighted by molar-refractivity contribution is 5.77. The highest BCUT2D eigenvalue weighted by Gasteiger charge is 2.28. The van der Waals surface area contributed by atoms with Gasteiger partial charge in [-0.15, -0.1) is 0 Å². The van der Waals surface area contributed by atoms with Crippen LogP contribution in [-0.2, 0) is 10.8 Å². The fourth-order valence-electron chi connectivity index (χ4n) is 3.62. The second kappa shape index (κ2) is 6.94. The SMILES string of the molecule is CC(C)(C)c1cc(-c2nc(-c3ccco3)c(-c3ccco3)[nH]2)cc(C(C)(C)C)c1O. The lowest BCUT2D eigenvalue weighted by Crippen LogP contribution is -2.17. The van der Waals surface area contributed by atoms with Crippen molar-refractivity contribution in [1.82, 2.24) is 9.97 Å². The van der Waals surface area contributed by atoms with Gasteiger partial charge in [0.2, 0.25) is 0 Å². The van der Waals surface area contributed by atoms with Gasteiger partial charge in [-0.05, 0) is 47.2 Å². The van der Waals surface area contributed by atoms with Crippen LogP contribution in [0.5, 0.6) is 5.75 Å². The van der Waals surface area contributed by atoms with E-state index >= 15 is 0 Å². The van der Waals surface area contributed by atoms with E-state index in [1.807, 2.05) is 36.4 Å². The van der Waals surface area contributed by atoms with E-state index in [0.717, 1.165) is 22.4 Å². The first-order chi connectivity index (χ1) is 14.1. The van der Waals surface area contributed by atoms with E-state index < -0.39 is 0 Å². The third-order valence-electron chi connectivity index (χ3n) is 5.23. The Hall–Kier alpha value is -3.21. The molecule has 5 nitrogen and oxygen atoms in total. The average Bonchev–Trinajstić information content (AvgIpc) is 3.39. The van der Waals surface area contributed by atoms with Gasteiger partial charge in [-0.25, -0.2) is 4.98 Å². The fourth-order valence-corrected chi connectivity index (χ4v) is 3.62. The maximum atomic E-state index is 11.0. The molecule has 0 saturated carbocycles. The number of aromatic hydroxyl groups is 1. The van der Waals surface area contributed by atoms with E-state index in [2.05, 4.69) is 46.5 Å². The first kappa shape index (κ1) is 20.1. The Morgan fingerprint density at radius 1 is 0.833 bits per heavy atom. The molecule has 3 heterocycles. The van der Waals surface area contributed by atoms with Gasteiger partial charge in [-0.1, -0.05) is 41.5 Å². The largest absolute Gasteiger partial charge is 0.507 e. The zero-order valence-corrected chi connectivity index (χ0v) is 18.3. The number of hydrogen-bond acceptors (Lipinski definition) is 4. The van der Waals surface area contributed by atoms with Crippen molar-refractivity contribution >= 4 is 0 Å². The van der Waals surface area contributed by atoms with Crippen molar-refractivity contribution in [3.05, 3.63) is 60.1 Å². The summed E-state index contributed by atoms with van der Waals surface area (Å²) in [6.45, 7) is 12.6. The Labute approximate surface area is 176 Å². The van der Waals surface area contributed by atoms with Gasteiger partial charge in [0.1, 0.15) is 23.0 Å². The first-order valence-corrected chi connectivity index (χ1v) is 10.1. The minimum atomic E-state index is -0.222. The van der Waals surface area contributed by atoms with Crippen LogP contribution in [0.15, 0.2) is 57.8 Å². The Kier molecular flexibility index (Phi) is 4.64. The number of nitrogens with one attached hydrogen (secondary N) is 1. The van der Waals surface area contributed by atoms with Crippen LogP contribution >= 0.6 is 0 Å².